The van der Waals surface area contributed by atoms with Crippen molar-refractivity contribution in [3.8, 4) is 0 Å². The number of amides is 2. The van der Waals surface area contributed by atoms with Gasteiger partial charge >= 0.3 is 0 Å². The summed E-state index contributed by atoms with van der Waals surface area (Å²) in [6.45, 7) is 2.63. The highest BCUT2D eigenvalue weighted by molar-refractivity contribution is 5.92. The number of hydrogen-bond donors (Lipinski definition) is 2. The highest BCUT2D eigenvalue weighted by Crippen LogP contribution is 2.04. The van der Waals surface area contributed by atoms with Crippen LogP contribution in [0.15, 0.2) is 30.3 Å². The summed E-state index contributed by atoms with van der Waals surface area (Å²) >= 11 is 0. The molecule has 0 heterocycles. The van der Waals surface area contributed by atoms with Gasteiger partial charge in [0.2, 0.25) is 11.8 Å². The summed E-state index contributed by atoms with van der Waals surface area (Å²) in [4.78, 5) is 33.9. The van der Waals surface area contributed by atoms with Crippen molar-refractivity contribution in [3.05, 3.63) is 35.9 Å². The van der Waals surface area contributed by atoms with Gasteiger partial charge in [-0.25, -0.2) is 0 Å². The second kappa shape index (κ2) is 7.31. The van der Waals surface area contributed by atoms with Crippen molar-refractivity contribution in [1.29, 1.82) is 0 Å². The number of nitrogens with one attached hydrogen (secondary N) is 2. The second-order valence-electron chi connectivity index (χ2n) is 4.32. The van der Waals surface area contributed by atoms with Crippen LogP contribution in [0.1, 0.15) is 19.4 Å². The van der Waals surface area contributed by atoms with Crippen molar-refractivity contribution in [3.63, 3.8) is 0 Å². The molecule has 19 heavy (non-hydrogen) atoms. The maximum Gasteiger partial charge on any atom is 0.217 e. The first-order valence-electron chi connectivity index (χ1n) is 6.07. The third-order valence-corrected chi connectivity index (χ3v) is 2.56. The molecule has 0 saturated heterocycles. The molecule has 0 aliphatic rings. The van der Waals surface area contributed by atoms with Crippen molar-refractivity contribution in [1.82, 2.24) is 10.6 Å². The van der Waals surface area contributed by atoms with Gasteiger partial charge in [0.25, 0.3) is 0 Å². The van der Waals surface area contributed by atoms with Crippen molar-refractivity contribution in [2.45, 2.75) is 26.3 Å². The van der Waals surface area contributed by atoms with Crippen molar-refractivity contribution < 1.29 is 14.4 Å². The SMILES string of the molecule is CC(=O)NCC(=O)C(Cc1ccccc1)NC(C)=O. The van der Waals surface area contributed by atoms with Crippen LogP contribution < -0.4 is 10.6 Å². The second-order valence-corrected chi connectivity index (χ2v) is 4.32. The Bertz CT molecular complexity index is 457. The molecule has 0 aromatic heterocycles. The molecule has 102 valence electrons. The van der Waals surface area contributed by atoms with E-state index >= 15 is 0 Å². The molecule has 0 aliphatic carbocycles. The topological polar surface area (TPSA) is 75.3 Å². The van der Waals surface area contributed by atoms with E-state index in [-0.39, 0.29) is 24.1 Å². The molecule has 0 aliphatic heterocycles. The fourth-order valence-electron chi connectivity index (χ4n) is 1.68. The van der Waals surface area contributed by atoms with Gasteiger partial charge in [0.15, 0.2) is 5.78 Å². The van der Waals surface area contributed by atoms with Gasteiger partial charge in [-0.05, 0) is 12.0 Å². The first kappa shape index (κ1) is 14.9. The molecule has 1 aromatic carbocycles. The van der Waals surface area contributed by atoms with Crippen LogP contribution in [0.3, 0.4) is 0 Å². The molecule has 0 radical (unpaired) electrons. The van der Waals surface area contributed by atoms with E-state index in [0.717, 1.165) is 5.56 Å². The van der Waals surface area contributed by atoms with E-state index in [1.54, 1.807) is 0 Å². The minimum Gasteiger partial charge on any atom is -0.349 e. The highest BCUT2D eigenvalue weighted by atomic mass is 16.2. The quantitative estimate of drug-likeness (QED) is 0.781. The first-order valence-corrected chi connectivity index (χ1v) is 6.07. The Labute approximate surface area is 112 Å². The number of ketones is 1. The normalized spacial score (nSPS) is 11.5. The Balaban J connectivity index is 2.68. The van der Waals surface area contributed by atoms with Gasteiger partial charge in [-0.2, -0.15) is 0 Å². The fourth-order valence-corrected chi connectivity index (χ4v) is 1.68. The number of benzene rings is 1. The third-order valence-electron chi connectivity index (χ3n) is 2.56. The summed E-state index contributed by atoms with van der Waals surface area (Å²) in [6, 6.07) is 8.79. The van der Waals surface area contributed by atoms with E-state index in [2.05, 4.69) is 10.6 Å². The maximum absolute atomic E-state index is 12.0. The molecule has 0 fully saturated rings. The molecule has 5 heteroatoms. The Hall–Kier alpha value is -2.17. The lowest BCUT2D eigenvalue weighted by Crippen LogP contribution is -2.45. The molecular weight excluding hydrogens is 244 g/mol. The lowest BCUT2D eigenvalue weighted by Gasteiger charge is -2.17. The minimum atomic E-state index is -0.619. The van der Waals surface area contributed by atoms with Crippen LogP contribution in [0.25, 0.3) is 0 Å². The Morgan fingerprint density at radius 2 is 1.68 bits per heavy atom. The summed E-state index contributed by atoms with van der Waals surface area (Å²) < 4.78 is 0. The largest absolute Gasteiger partial charge is 0.349 e. The molecule has 0 saturated carbocycles. The van der Waals surface area contributed by atoms with E-state index in [0.29, 0.717) is 6.42 Å². The molecule has 1 aromatic rings. The molecular formula is C14H18N2O3. The molecule has 5 nitrogen and oxygen atoms in total. The summed E-state index contributed by atoms with van der Waals surface area (Å²) in [5, 5.41) is 5.06. The first-order chi connectivity index (χ1) is 8.99. The van der Waals surface area contributed by atoms with Crippen LogP contribution in [-0.2, 0) is 20.8 Å². The average molecular weight is 262 g/mol. The summed E-state index contributed by atoms with van der Waals surface area (Å²) in [5.74, 6) is -0.749. The minimum absolute atomic E-state index is 0.0763. The number of rotatable bonds is 6. The summed E-state index contributed by atoms with van der Waals surface area (Å²) in [5.41, 5.74) is 0.956. The number of hydrogen-bond acceptors (Lipinski definition) is 3. The highest BCUT2D eigenvalue weighted by Gasteiger charge is 2.19. The van der Waals surface area contributed by atoms with E-state index < -0.39 is 6.04 Å². The number of Topliss-reactive ketones (excluding diaryl/α,β-unsaturated/α-hetero) is 1. The molecule has 0 bridgehead atoms. The maximum atomic E-state index is 12.0. The Kier molecular flexibility index (Phi) is 5.73. The van der Waals surface area contributed by atoms with Gasteiger partial charge in [-0.15, -0.1) is 0 Å². The average Bonchev–Trinajstić information content (AvgIpc) is 2.36. The molecule has 1 rings (SSSR count). The molecule has 1 atom stereocenters. The fraction of sp³-hybridized carbons (Fsp3) is 0.357. The zero-order chi connectivity index (χ0) is 14.3. The monoisotopic (exact) mass is 262 g/mol. The van der Waals surface area contributed by atoms with Crippen molar-refractivity contribution in [2.24, 2.45) is 0 Å². The zero-order valence-corrected chi connectivity index (χ0v) is 11.1. The molecule has 2 amide bonds. The van der Waals surface area contributed by atoms with Gasteiger partial charge in [0.1, 0.15) is 0 Å². The van der Waals surface area contributed by atoms with Gasteiger partial charge in [0, 0.05) is 13.8 Å². The van der Waals surface area contributed by atoms with E-state index in [9.17, 15) is 14.4 Å². The van der Waals surface area contributed by atoms with E-state index in [1.807, 2.05) is 30.3 Å². The summed E-state index contributed by atoms with van der Waals surface area (Å²) in [7, 11) is 0. The molecule has 2 N–H and O–H groups in total. The third kappa shape index (κ3) is 5.81. The van der Waals surface area contributed by atoms with Crippen LogP contribution in [0.2, 0.25) is 0 Å². The summed E-state index contributed by atoms with van der Waals surface area (Å²) in [6.07, 6.45) is 0.416. The van der Waals surface area contributed by atoms with Gasteiger partial charge in [0.05, 0.1) is 12.6 Å². The van der Waals surface area contributed by atoms with Crippen LogP contribution in [0, 0.1) is 0 Å². The van der Waals surface area contributed by atoms with Crippen LogP contribution in [0.4, 0.5) is 0 Å². The van der Waals surface area contributed by atoms with Gasteiger partial charge < -0.3 is 10.6 Å². The predicted octanol–water partition coefficient (Wildman–Crippen LogP) is 0.439. The molecule has 0 spiro atoms. The lowest BCUT2D eigenvalue weighted by molar-refractivity contribution is -0.127. The predicted molar refractivity (Wildman–Crippen MR) is 71.4 cm³/mol. The van der Waals surface area contributed by atoms with Gasteiger partial charge in [-0.1, -0.05) is 30.3 Å². The number of carbonyl (C=O) groups excluding carboxylic acids is 3. The Morgan fingerprint density at radius 3 is 2.21 bits per heavy atom. The van der Waals surface area contributed by atoms with Crippen LogP contribution in [0.5, 0.6) is 0 Å². The lowest BCUT2D eigenvalue weighted by atomic mass is 10.0. The van der Waals surface area contributed by atoms with Gasteiger partial charge in [-0.3, -0.25) is 14.4 Å². The van der Waals surface area contributed by atoms with E-state index in [1.165, 1.54) is 13.8 Å². The van der Waals surface area contributed by atoms with Crippen LogP contribution >= 0.6 is 0 Å². The van der Waals surface area contributed by atoms with Crippen LogP contribution in [-0.4, -0.2) is 30.2 Å². The van der Waals surface area contributed by atoms with E-state index in [4.69, 9.17) is 0 Å². The van der Waals surface area contributed by atoms with Crippen molar-refractivity contribution >= 4 is 17.6 Å². The van der Waals surface area contributed by atoms with Crippen molar-refractivity contribution in [2.75, 3.05) is 6.54 Å². The molecule has 1 unspecified atom stereocenters. The smallest absolute Gasteiger partial charge is 0.217 e. The Morgan fingerprint density at radius 1 is 1.05 bits per heavy atom. The zero-order valence-electron chi connectivity index (χ0n) is 11.1. The number of carbonyl (C=O) groups is 3. The standard InChI is InChI=1S/C14H18N2O3/c1-10(17)15-9-14(19)13(16-11(2)18)8-12-6-4-3-5-7-12/h3-7,13H,8-9H2,1-2H3,(H,15,17)(H,16,18).